The lowest BCUT2D eigenvalue weighted by molar-refractivity contribution is 0.171. The van der Waals surface area contributed by atoms with Gasteiger partial charge in [-0.25, -0.2) is 4.39 Å². The van der Waals surface area contributed by atoms with Crippen LogP contribution in [-0.4, -0.2) is 44.3 Å². The SMILES string of the molecule is Fc1ccc(-c2cccc(CN3CCN(c4cccc5c4OCCO5)CC3)c2)cc1. The summed E-state index contributed by atoms with van der Waals surface area (Å²) in [7, 11) is 0. The molecular formula is C25H25FN2O2. The molecule has 1 fully saturated rings. The third-order valence-corrected chi connectivity index (χ3v) is 5.77. The van der Waals surface area contributed by atoms with E-state index in [0.717, 1.165) is 61.0 Å². The van der Waals surface area contributed by atoms with Gasteiger partial charge in [-0.1, -0.05) is 36.4 Å². The normalized spacial score (nSPS) is 16.5. The molecule has 30 heavy (non-hydrogen) atoms. The number of ether oxygens (including phenoxy) is 2. The third-order valence-electron chi connectivity index (χ3n) is 5.77. The Morgan fingerprint density at radius 2 is 1.53 bits per heavy atom. The van der Waals surface area contributed by atoms with Gasteiger partial charge < -0.3 is 14.4 Å². The average molecular weight is 404 g/mol. The summed E-state index contributed by atoms with van der Waals surface area (Å²) in [6.07, 6.45) is 0. The van der Waals surface area contributed by atoms with E-state index in [-0.39, 0.29) is 5.82 Å². The van der Waals surface area contributed by atoms with Crippen LogP contribution >= 0.6 is 0 Å². The van der Waals surface area contributed by atoms with Gasteiger partial charge >= 0.3 is 0 Å². The highest BCUT2D eigenvalue weighted by Gasteiger charge is 2.23. The molecule has 3 aromatic rings. The molecule has 0 radical (unpaired) electrons. The number of anilines is 1. The summed E-state index contributed by atoms with van der Waals surface area (Å²) in [6, 6.07) is 21.4. The van der Waals surface area contributed by atoms with Crippen molar-refractivity contribution < 1.29 is 13.9 Å². The van der Waals surface area contributed by atoms with Crippen molar-refractivity contribution in [1.29, 1.82) is 0 Å². The number of halogens is 1. The third kappa shape index (κ3) is 3.98. The quantitative estimate of drug-likeness (QED) is 0.635. The number of para-hydroxylation sites is 1. The van der Waals surface area contributed by atoms with Gasteiger partial charge in [-0.05, 0) is 47.0 Å². The Kier molecular flexibility index (Phi) is 5.28. The molecule has 5 rings (SSSR count). The highest BCUT2D eigenvalue weighted by atomic mass is 19.1. The van der Waals surface area contributed by atoms with Crippen molar-refractivity contribution in [2.24, 2.45) is 0 Å². The van der Waals surface area contributed by atoms with Gasteiger partial charge in [0, 0.05) is 32.7 Å². The number of fused-ring (bicyclic) bond motifs is 1. The molecular weight excluding hydrogens is 379 g/mol. The van der Waals surface area contributed by atoms with E-state index in [9.17, 15) is 4.39 Å². The fraction of sp³-hybridized carbons (Fsp3) is 0.280. The van der Waals surface area contributed by atoms with Crippen molar-refractivity contribution in [3.05, 3.63) is 78.1 Å². The van der Waals surface area contributed by atoms with E-state index in [0.29, 0.717) is 13.2 Å². The molecule has 0 unspecified atom stereocenters. The second-order valence-corrected chi connectivity index (χ2v) is 7.77. The summed E-state index contributed by atoms with van der Waals surface area (Å²) in [5, 5.41) is 0. The maximum absolute atomic E-state index is 13.2. The van der Waals surface area contributed by atoms with Crippen LogP contribution in [0.4, 0.5) is 10.1 Å². The second kappa shape index (κ2) is 8.36. The molecule has 0 saturated carbocycles. The number of hydrogen-bond acceptors (Lipinski definition) is 4. The molecule has 2 heterocycles. The molecule has 2 aliphatic rings. The molecule has 0 atom stereocenters. The molecule has 0 bridgehead atoms. The number of rotatable bonds is 4. The molecule has 1 saturated heterocycles. The standard InChI is InChI=1S/C25H25FN2O2/c26-22-9-7-20(8-10-22)21-4-1-3-19(17-21)18-27-11-13-28(14-12-27)23-5-2-6-24-25(23)30-16-15-29-24/h1-10,17H,11-16,18H2. The van der Waals surface area contributed by atoms with E-state index in [2.05, 4.69) is 40.1 Å². The maximum Gasteiger partial charge on any atom is 0.184 e. The maximum atomic E-state index is 13.2. The van der Waals surface area contributed by atoms with Crippen LogP contribution in [0.5, 0.6) is 11.5 Å². The molecule has 2 aliphatic heterocycles. The first-order chi connectivity index (χ1) is 14.8. The molecule has 0 N–H and O–H groups in total. The second-order valence-electron chi connectivity index (χ2n) is 7.77. The van der Waals surface area contributed by atoms with E-state index in [1.54, 1.807) is 0 Å². The zero-order chi connectivity index (χ0) is 20.3. The Morgan fingerprint density at radius 3 is 2.37 bits per heavy atom. The lowest BCUT2D eigenvalue weighted by Crippen LogP contribution is -2.46. The minimum atomic E-state index is -0.204. The zero-order valence-corrected chi connectivity index (χ0v) is 16.9. The highest BCUT2D eigenvalue weighted by molar-refractivity contribution is 5.66. The number of piperazine rings is 1. The molecule has 0 amide bonds. The van der Waals surface area contributed by atoms with Crippen LogP contribution in [0.3, 0.4) is 0 Å². The average Bonchev–Trinajstić information content (AvgIpc) is 2.80. The van der Waals surface area contributed by atoms with Crippen LogP contribution in [0.2, 0.25) is 0 Å². The Labute approximate surface area is 176 Å². The number of benzene rings is 3. The van der Waals surface area contributed by atoms with Gasteiger partial charge in [0.2, 0.25) is 0 Å². The Bertz CT molecular complexity index is 1010. The molecule has 3 aromatic carbocycles. The Hall–Kier alpha value is -3.05. The van der Waals surface area contributed by atoms with Crippen molar-refractivity contribution in [3.8, 4) is 22.6 Å². The van der Waals surface area contributed by atoms with Crippen LogP contribution in [0.15, 0.2) is 66.7 Å². The molecule has 5 heteroatoms. The van der Waals surface area contributed by atoms with Crippen molar-refractivity contribution in [2.75, 3.05) is 44.3 Å². The molecule has 154 valence electrons. The fourth-order valence-corrected chi connectivity index (χ4v) is 4.20. The summed E-state index contributed by atoms with van der Waals surface area (Å²) in [5.74, 6) is 1.52. The van der Waals surface area contributed by atoms with Crippen LogP contribution < -0.4 is 14.4 Å². The van der Waals surface area contributed by atoms with Crippen LogP contribution in [0.25, 0.3) is 11.1 Å². The summed E-state index contributed by atoms with van der Waals surface area (Å²) >= 11 is 0. The van der Waals surface area contributed by atoms with Gasteiger partial charge in [0.05, 0.1) is 5.69 Å². The summed E-state index contributed by atoms with van der Waals surface area (Å²) < 4.78 is 24.8. The Balaban J connectivity index is 1.24. The predicted molar refractivity (Wildman–Crippen MR) is 117 cm³/mol. The smallest absolute Gasteiger partial charge is 0.184 e. The molecule has 0 aliphatic carbocycles. The van der Waals surface area contributed by atoms with Crippen molar-refractivity contribution >= 4 is 5.69 Å². The van der Waals surface area contributed by atoms with Crippen LogP contribution in [-0.2, 0) is 6.54 Å². The van der Waals surface area contributed by atoms with E-state index in [1.807, 2.05) is 24.3 Å². The zero-order valence-electron chi connectivity index (χ0n) is 16.9. The first-order valence-electron chi connectivity index (χ1n) is 10.5. The Morgan fingerprint density at radius 1 is 0.767 bits per heavy atom. The van der Waals surface area contributed by atoms with Gasteiger partial charge in [0.1, 0.15) is 19.0 Å². The van der Waals surface area contributed by atoms with Gasteiger partial charge in [-0.3, -0.25) is 4.90 Å². The summed E-state index contributed by atoms with van der Waals surface area (Å²) in [6.45, 7) is 6.02. The molecule has 4 nitrogen and oxygen atoms in total. The van der Waals surface area contributed by atoms with Gasteiger partial charge in [-0.2, -0.15) is 0 Å². The van der Waals surface area contributed by atoms with E-state index in [4.69, 9.17) is 9.47 Å². The fourth-order valence-electron chi connectivity index (χ4n) is 4.20. The minimum absolute atomic E-state index is 0.204. The molecule has 0 aromatic heterocycles. The monoisotopic (exact) mass is 404 g/mol. The molecule has 0 spiro atoms. The van der Waals surface area contributed by atoms with Crippen LogP contribution in [0.1, 0.15) is 5.56 Å². The number of hydrogen-bond donors (Lipinski definition) is 0. The summed E-state index contributed by atoms with van der Waals surface area (Å²) in [4.78, 5) is 4.87. The van der Waals surface area contributed by atoms with E-state index < -0.39 is 0 Å². The first kappa shape index (κ1) is 18.9. The van der Waals surface area contributed by atoms with Gasteiger partial charge in [0.15, 0.2) is 11.5 Å². The first-order valence-corrected chi connectivity index (χ1v) is 10.5. The highest BCUT2D eigenvalue weighted by Crippen LogP contribution is 2.39. The van der Waals surface area contributed by atoms with Crippen molar-refractivity contribution in [1.82, 2.24) is 4.90 Å². The van der Waals surface area contributed by atoms with E-state index >= 15 is 0 Å². The van der Waals surface area contributed by atoms with Gasteiger partial charge in [0.25, 0.3) is 0 Å². The van der Waals surface area contributed by atoms with Gasteiger partial charge in [-0.15, -0.1) is 0 Å². The number of nitrogens with zero attached hydrogens (tertiary/aromatic N) is 2. The van der Waals surface area contributed by atoms with Crippen molar-refractivity contribution in [3.63, 3.8) is 0 Å². The van der Waals surface area contributed by atoms with Crippen LogP contribution in [0, 0.1) is 5.82 Å². The summed E-state index contributed by atoms with van der Waals surface area (Å²) in [5.41, 5.74) is 4.57. The minimum Gasteiger partial charge on any atom is -0.486 e. The largest absolute Gasteiger partial charge is 0.486 e. The van der Waals surface area contributed by atoms with Crippen molar-refractivity contribution in [2.45, 2.75) is 6.54 Å². The topological polar surface area (TPSA) is 24.9 Å². The predicted octanol–water partition coefficient (Wildman–Crippen LogP) is 4.59. The lowest BCUT2D eigenvalue weighted by atomic mass is 10.0. The lowest BCUT2D eigenvalue weighted by Gasteiger charge is -2.37. The van der Waals surface area contributed by atoms with E-state index in [1.165, 1.54) is 17.7 Å².